The topological polar surface area (TPSA) is 56.8 Å². The first kappa shape index (κ1) is 16.7. The van der Waals surface area contributed by atoms with Crippen LogP contribution in [-0.4, -0.2) is 27.2 Å². The Morgan fingerprint density at radius 2 is 1.52 bits per heavy atom. The van der Waals surface area contributed by atoms with Crippen LogP contribution >= 0.6 is 0 Å². The van der Waals surface area contributed by atoms with E-state index in [4.69, 9.17) is 14.2 Å². The van der Waals surface area contributed by atoms with Gasteiger partial charge in [0, 0.05) is 6.07 Å². The molecule has 0 radical (unpaired) electrons. The first-order chi connectivity index (χ1) is 11.1. The van der Waals surface area contributed by atoms with Crippen molar-refractivity contribution < 1.29 is 19.0 Å². The van der Waals surface area contributed by atoms with Crippen LogP contribution in [0.15, 0.2) is 42.5 Å². The van der Waals surface area contributed by atoms with Crippen LogP contribution in [0.4, 0.5) is 0 Å². The van der Waals surface area contributed by atoms with Crippen molar-refractivity contribution in [3.63, 3.8) is 0 Å². The number of rotatable bonds is 6. The van der Waals surface area contributed by atoms with Crippen molar-refractivity contribution in [1.29, 1.82) is 0 Å². The van der Waals surface area contributed by atoms with Gasteiger partial charge in [0.05, 0.1) is 32.9 Å². The molecular weight excluding hydrogens is 294 g/mol. The molecule has 0 aliphatic rings. The highest BCUT2D eigenvalue weighted by atomic mass is 16.5. The van der Waals surface area contributed by atoms with Crippen LogP contribution < -0.4 is 19.5 Å². The summed E-state index contributed by atoms with van der Waals surface area (Å²) in [7, 11) is 4.72. The molecule has 5 nitrogen and oxygen atoms in total. The Bertz CT molecular complexity index is 667. The lowest BCUT2D eigenvalue weighted by Crippen LogP contribution is -2.27. The number of hydrogen-bond acceptors (Lipinski definition) is 4. The molecule has 0 unspecified atom stereocenters. The second kappa shape index (κ2) is 7.54. The third kappa shape index (κ3) is 3.94. The van der Waals surface area contributed by atoms with Crippen molar-refractivity contribution in [3.05, 3.63) is 53.6 Å². The maximum atomic E-state index is 12.5. The number of carbonyl (C=O) groups is 1. The summed E-state index contributed by atoms with van der Waals surface area (Å²) in [6.07, 6.45) is 0. The first-order valence-corrected chi connectivity index (χ1v) is 7.26. The van der Waals surface area contributed by atoms with Gasteiger partial charge in [0.25, 0.3) is 5.91 Å². The number of benzene rings is 2. The van der Waals surface area contributed by atoms with Gasteiger partial charge in [-0.1, -0.05) is 12.1 Å². The van der Waals surface area contributed by atoms with E-state index in [9.17, 15) is 4.79 Å². The minimum absolute atomic E-state index is 0.139. The van der Waals surface area contributed by atoms with E-state index in [0.29, 0.717) is 17.1 Å². The summed E-state index contributed by atoms with van der Waals surface area (Å²) >= 11 is 0. The van der Waals surface area contributed by atoms with E-state index in [-0.39, 0.29) is 11.9 Å². The van der Waals surface area contributed by atoms with Crippen LogP contribution in [0.1, 0.15) is 28.9 Å². The Hall–Kier alpha value is -2.69. The van der Waals surface area contributed by atoms with Crippen molar-refractivity contribution in [3.8, 4) is 17.2 Å². The molecule has 0 aromatic heterocycles. The highest BCUT2D eigenvalue weighted by molar-refractivity contribution is 5.97. The van der Waals surface area contributed by atoms with Crippen LogP contribution in [0.3, 0.4) is 0 Å². The molecule has 1 amide bonds. The summed E-state index contributed by atoms with van der Waals surface area (Å²) in [5.74, 6) is 1.70. The number of carbonyl (C=O) groups excluding carboxylic acids is 1. The lowest BCUT2D eigenvalue weighted by molar-refractivity contribution is 0.0937. The summed E-state index contributed by atoms with van der Waals surface area (Å²) in [6, 6.07) is 12.6. The zero-order valence-electron chi connectivity index (χ0n) is 13.8. The highest BCUT2D eigenvalue weighted by Crippen LogP contribution is 2.25. The average Bonchev–Trinajstić information content (AvgIpc) is 2.60. The fraction of sp³-hybridized carbons (Fsp3) is 0.278. The average molecular weight is 315 g/mol. The fourth-order valence-corrected chi connectivity index (χ4v) is 2.24. The molecule has 0 fully saturated rings. The van der Waals surface area contributed by atoms with Gasteiger partial charge in [-0.3, -0.25) is 4.79 Å². The van der Waals surface area contributed by atoms with Crippen molar-refractivity contribution in [1.82, 2.24) is 5.32 Å². The Morgan fingerprint density at radius 1 is 0.913 bits per heavy atom. The van der Waals surface area contributed by atoms with E-state index >= 15 is 0 Å². The molecule has 23 heavy (non-hydrogen) atoms. The van der Waals surface area contributed by atoms with Crippen molar-refractivity contribution >= 4 is 5.91 Å². The Morgan fingerprint density at radius 3 is 2.09 bits per heavy atom. The molecule has 0 heterocycles. The standard InChI is InChI=1S/C18H21NO4/c1-12(13-5-7-14(21-2)8-6-13)19-18(20)16-10-9-15(22-3)11-17(16)23-4/h5-12H,1-4H3,(H,19,20)/t12-/m1/s1. The van der Waals surface area contributed by atoms with E-state index in [0.717, 1.165) is 11.3 Å². The molecule has 0 aliphatic heterocycles. The molecule has 2 aromatic rings. The molecule has 0 spiro atoms. The van der Waals surface area contributed by atoms with Gasteiger partial charge in [-0.2, -0.15) is 0 Å². The fourth-order valence-electron chi connectivity index (χ4n) is 2.24. The Labute approximate surface area is 136 Å². The smallest absolute Gasteiger partial charge is 0.255 e. The summed E-state index contributed by atoms with van der Waals surface area (Å²) in [5.41, 5.74) is 1.46. The van der Waals surface area contributed by atoms with E-state index < -0.39 is 0 Å². The minimum Gasteiger partial charge on any atom is -0.497 e. The Kier molecular flexibility index (Phi) is 5.46. The van der Waals surface area contributed by atoms with Gasteiger partial charge >= 0.3 is 0 Å². The molecule has 0 aliphatic carbocycles. The maximum absolute atomic E-state index is 12.5. The molecular formula is C18H21NO4. The number of amides is 1. The quantitative estimate of drug-likeness (QED) is 0.889. The molecule has 1 N–H and O–H groups in total. The van der Waals surface area contributed by atoms with Crippen LogP contribution in [0.25, 0.3) is 0 Å². The maximum Gasteiger partial charge on any atom is 0.255 e. The number of methoxy groups -OCH3 is 3. The van der Waals surface area contributed by atoms with Gasteiger partial charge in [-0.05, 0) is 36.8 Å². The van der Waals surface area contributed by atoms with Crippen LogP contribution in [-0.2, 0) is 0 Å². The SMILES string of the molecule is COc1ccc([C@@H](C)NC(=O)c2ccc(OC)cc2OC)cc1. The lowest BCUT2D eigenvalue weighted by Gasteiger charge is -2.16. The molecule has 1 atom stereocenters. The molecule has 2 aromatic carbocycles. The molecule has 122 valence electrons. The lowest BCUT2D eigenvalue weighted by atomic mass is 10.1. The van der Waals surface area contributed by atoms with Gasteiger partial charge in [-0.15, -0.1) is 0 Å². The monoisotopic (exact) mass is 315 g/mol. The first-order valence-electron chi connectivity index (χ1n) is 7.26. The normalized spacial score (nSPS) is 11.5. The van der Waals surface area contributed by atoms with Crippen molar-refractivity contribution in [2.45, 2.75) is 13.0 Å². The molecule has 2 rings (SSSR count). The van der Waals surface area contributed by atoms with Gasteiger partial charge in [-0.25, -0.2) is 0 Å². The summed E-state index contributed by atoms with van der Waals surface area (Å²) in [4.78, 5) is 12.5. The predicted molar refractivity (Wildman–Crippen MR) is 88.4 cm³/mol. The Balaban J connectivity index is 2.14. The largest absolute Gasteiger partial charge is 0.497 e. The second-order valence-corrected chi connectivity index (χ2v) is 5.03. The van der Waals surface area contributed by atoms with E-state index in [1.807, 2.05) is 31.2 Å². The van der Waals surface area contributed by atoms with E-state index in [1.165, 1.54) is 7.11 Å². The number of nitrogens with one attached hydrogen (secondary N) is 1. The minimum atomic E-state index is -0.201. The van der Waals surface area contributed by atoms with Gasteiger partial charge < -0.3 is 19.5 Å². The summed E-state index contributed by atoms with van der Waals surface area (Å²) in [6.45, 7) is 1.93. The van der Waals surface area contributed by atoms with Gasteiger partial charge in [0.15, 0.2) is 0 Å². The number of hydrogen-bond donors (Lipinski definition) is 1. The summed E-state index contributed by atoms with van der Waals surface area (Å²) in [5, 5.41) is 2.96. The molecule has 0 saturated heterocycles. The van der Waals surface area contributed by atoms with E-state index in [2.05, 4.69) is 5.32 Å². The molecule has 5 heteroatoms. The van der Waals surface area contributed by atoms with Crippen LogP contribution in [0, 0.1) is 0 Å². The predicted octanol–water partition coefficient (Wildman–Crippen LogP) is 3.20. The number of ether oxygens (including phenoxy) is 3. The van der Waals surface area contributed by atoms with Gasteiger partial charge in [0.1, 0.15) is 17.2 Å². The molecule has 0 bridgehead atoms. The van der Waals surface area contributed by atoms with E-state index in [1.54, 1.807) is 32.4 Å². The van der Waals surface area contributed by atoms with Crippen LogP contribution in [0.2, 0.25) is 0 Å². The third-order valence-electron chi connectivity index (χ3n) is 3.62. The highest BCUT2D eigenvalue weighted by Gasteiger charge is 2.16. The van der Waals surface area contributed by atoms with Crippen molar-refractivity contribution in [2.24, 2.45) is 0 Å². The third-order valence-corrected chi connectivity index (χ3v) is 3.62. The zero-order chi connectivity index (χ0) is 16.8. The zero-order valence-corrected chi connectivity index (χ0v) is 13.8. The van der Waals surface area contributed by atoms with Gasteiger partial charge in [0.2, 0.25) is 0 Å². The van der Waals surface area contributed by atoms with Crippen LogP contribution in [0.5, 0.6) is 17.2 Å². The second-order valence-electron chi connectivity index (χ2n) is 5.03. The molecule has 0 saturated carbocycles. The van der Waals surface area contributed by atoms with Crippen molar-refractivity contribution in [2.75, 3.05) is 21.3 Å². The summed E-state index contributed by atoms with van der Waals surface area (Å²) < 4.78 is 15.5.